The quantitative estimate of drug-likeness (QED) is 0.814. The highest BCUT2D eigenvalue weighted by atomic mass is 16.6. The van der Waals surface area contributed by atoms with Crippen molar-refractivity contribution >= 4 is 11.8 Å². The largest absolute Gasteiger partial charge is 0.460 e. The monoisotopic (exact) mass is 373 g/mol. The Morgan fingerprint density at radius 1 is 1.30 bits per heavy atom. The molecule has 1 saturated carbocycles. The third-order valence-corrected chi connectivity index (χ3v) is 4.77. The average molecular weight is 373 g/mol. The lowest BCUT2D eigenvalue weighted by Gasteiger charge is -2.33. The summed E-state index contributed by atoms with van der Waals surface area (Å²) >= 11 is 0. The van der Waals surface area contributed by atoms with Crippen LogP contribution in [0.2, 0.25) is 0 Å². The van der Waals surface area contributed by atoms with Crippen LogP contribution in [0.25, 0.3) is 4.85 Å². The summed E-state index contributed by atoms with van der Waals surface area (Å²) in [5.74, 6) is 0. The molecule has 1 amide bonds. The molecule has 0 radical (unpaired) electrons. The van der Waals surface area contributed by atoms with Gasteiger partial charge in [0.2, 0.25) is 0 Å². The third-order valence-electron chi connectivity index (χ3n) is 4.77. The number of hydrogen-bond acceptors (Lipinski definition) is 6. The molecule has 1 aliphatic carbocycles. The fourth-order valence-corrected chi connectivity index (χ4v) is 3.12. The third kappa shape index (κ3) is 5.00. The SMILES string of the molecule is [C-]#[N+]C1(Nc2cnc(OC3CCN(C(=O)OC(C)(C)C)CC3)nc2)CCC1. The van der Waals surface area contributed by atoms with Crippen molar-refractivity contribution in [2.45, 2.75) is 70.2 Å². The summed E-state index contributed by atoms with van der Waals surface area (Å²) < 4.78 is 11.2. The number of carbonyl (C=O) groups is 1. The molecule has 3 rings (SSSR count). The zero-order valence-electron chi connectivity index (χ0n) is 16.2. The van der Waals surface area contributed by atoms with E-state index in [4.69, 9.17) is 16.0 Å². The van der Waals surface area contributed by atoms with Gasteiger partial charge in [0, 0.05) is 38.8 Å². The lowest BCUT2D eigenvalue weighted by molar-refractivity contribution is 0.0119. The van der Waals surface area contributed by atoms with Crippen LogP contribution in [0.15, 0.2) is 12.4 Å². The Kier molecular flexibility index (Phi) is 5.40. The molecule has 1 aromatic heterocycles. The van der Waals surface area contributed by atoms with Gasteiger partial charge in [-0.15, -0.1) is 0 Å². The minimum absolute atomic E-state index is 0.0243. The predicted molar refractivity (Wildman–Crippen MR) is 100 cm³/mol. The lowest BCUT2D eigenvalue weighted by atomic mass is 9.85. The van der Waals surface area contributed by atoms with Gasteiger partial charge in [-0.05, 0) is 27.2 Å². The van der Waals surface area contributed by atoms with Crippen molar-refractivity contribution in [2.24, 2.45) is 0 Å². The molecule has 8 heteroatoms. The number of nitrogens with zero attached hydrogens (tertiary/aromatic N) is 4. The van der Waals surface area contributed by atoms with Crippen molar-refractivity contribution in [3.05, 3.63) is 23.8 Å². The van der Waals surface area contributed by atoms with Gasteiger partial charge in [0.1, 0.15) is 11.7 Å². The van der Waals surface area contributed by atoms with Gasteiger partial charge < -0.3 is 19.7 Å². The van der Waals surface area contributed by atoms with Crippen LogP contribution in [0.4, 0.5) is 10.5 Å². The molecule has 146 valence electrons. The minimum atomic E-state index is -0.487. The number of anilines is 1. The fraction of sp³-hybridized carbons (Fsp3) is 0.684. The molecule has 1 aromatic rings. The van der Waals surface area contributed by atoms with E-state index in [1.54, 1.807) is 17.3 Å². The Labute approximate surface area is 160 Å². The molecule has 0 aromatic carbocycles. The maximum Gasteiger partial charge on any atom is 0.410 e. The summed E-state index contributed by atoms with van der Waals surface area (Å²) in [7, 11) is 0. The molecule has 0 bridgehead atoms. The van der Waals surface area contributed by atoms with Crippen LogP contribution >= 0.6 is 0 Å². The first-order valence-electron chi connectivity index (χ1n) is 9.42. The van der Waals surface area contributed by atoms with Crippen LogP contribution in [-0.4, -0.2) is 51.4 Å². The van der Waals surface area contributed by atoms with Crippen molar-refractivity contribution in [2.75, 3.05) is 18.4 Å². The highest BCUT2D eigenvalue weighted by Gasteiger charge is 2.43. The number of rotatable bonds is 4. The van der Waals surface area contributed by atoms with Crippen LogP contribution in [0.5, 0.6) is 6.01 Å². The number of likely N-dealkylation sites (tertiary alicyclic amines) is 1. The van der Waals surface area contributed by atoms with E-state index in [1.165, 1.54) is 0 Å². The van der Waals surface area contributed by atoms with Gasteiger partial charge in [-0.1, -0.05) is 0 Å². The normalized spacial score (nSPS) is 19.6. The zero-order chi connectivity index (χ0) is 19.5. The van der Waals surface area contributed by atoms with Crippen molar-refractivity contribution in [3.63, 3.8) is 0 Å². The molecule has 0 spiro atoms. The molecule has 2 fully saturated rings. The van der Waals surface area contributed by atoms with Crippen molar-refractivity contribution in [3.8, 4) is 6.01 Å². The number of amides is 1. The molecule has 1 N–H and O–H groups in total. The van der Waals surface area contributed by atoms with E-state index in [1.807, 2.05) is 20.8 Å². The van der Waals surface area contributed by atoms with E-state index in [9.17, 15) is 4.79 Å². The Balaban J connectivity index is 1.46. The molecule has 0 unspecified atom stereocenters. The maximum atomic E-state index is 12.1. The van der Waals surface area contributed by atoms with Gasteiger partial charge in [-0.2, -0.15) is 0 Å². The highest BCUT2D eigenvalue weighted by Crippen LogP contribution is 2.36. The molecule has 1 saturated heterocycles. The summed E-state index contributed by atoms with van der Waals surface area (Å²) in [5.41, 5.74) is -0.239. The lowest BCUT2D eigenvalue weighted by Crippen LogP contribution is -2.44. The molecule has 2 heterocycles. The van der Waals surface area contributed by atoms with Crippen LogP contribution in [0.3, 0.4) is 0 Å². The van der Waals surface area contributed by atoms with Crippen molar-refractivity contribution in [1.82, 2.24) is 14.9 Å². The molecule has 8 nitrogen and oxygen atoms in total. The fourth-order valence-electron chi connectivity index (χ4n) is 3.12. The number of piperidine rings is 1. The van der Waals surface area contributed by atoms with E-state index in [0.29, 0.717) is 31.9 Å². The molecular weight excluding hydrogens is 346 g/mol. The van der Waals surface area contributed by atoms with Gasteiger partial charge >= 0.3 is 17.8 Å². The summed E-state index contributed by atoms with van der Waals surface area (Å²) in [6, 6.07) is 0.321. The van der Waals surface area contributed by atoms with Crippen LogP contribution in [0.1, 0.15) is 52.9 Å². The topological polar surface area (TPSA) is 80.9 Å². The van der Waals surface area contributed by atoms with E-state index >= 15 is 0 Å². The maximum absolute atomic E-state index is 12.1. The van der Waals surface area contributed by atoms with Gasteiger partial charge in [-0.3, -0.25) is 4.85 Å². The summed E-state index contributed by atoms with van der Waals surface area (Å²) in [6.45, 7) is 14.1. The Morgan fingerprint density at radius 2 is 1.93 bits per heavy atom. The second kappa shape index (κ2) is 7.59. The Bertz CT molecular complexity index is 696. The van der Waals surface area contributed by atoms with E-state index in [-0.39, 0.29) is 12.2 Å². The number of ether oxygens (including phenoxy) is 2. The summed E-state index contributed by atoms with van der Waals surface area (Å²) in [6.07, 6.45) is 7.20. The first kappa shape index (κ1) is 19.2. The highest BCUT2D eigenvalue weighted by molar-refractivity contribution is 5.68. The number of aromatic nitrogens is 2. The second-order valence-corrected chi connectivity index (χ2v) is 8.16. The van der Waals surface area contributed by atoms with Crippen LogP contribution in [0, 0.1) is 6.57 Å². The number of carbonyl (C=O) groups excluding carboxylic acids is 1. The van der Waals surface area contributed by atoms with Gasteiger partial charge in [-0.25, -0.2) is 21.3 Å². The van der Waals surface area contributed by atoms with Gasteiger partial charge in [0.05, 0.1) is 18.1 Å². The van der Waals surface area contributed by atoms with E-state index in [0.717, 1.165) is 24.9 Å². The first-order valence-corrected chi connectivity index (χ1v) is 9.42. The Morgan fingerprint density at radius 3 is 2.41 bits per heavy atom. The summed E-state index contributed by atoms with van der Waals surface area (Å²) in [5, 5.41) is 3.22. The number of hydrogen-bond donors (Lipinski definition) is 1. The van der Waals surface area contributed by atoms with E-state index in [2.05, 4.69) is 20.1 Å². The molecular formula is C19H27N5O3. The Hall–Kier alpha value is -2.56. The average Bonchev–Trinajstić information content (AvgIpc) is 2.59. The van der Waals surface area contributed by atoms with Crippen molar-refractivity contribution in [1.29, 1.82) is 0 Å². The van der Waals surface area contributed by atoms with Crippen molar-refractivity contribution < 1.29 is 14.3 Å². The smallest absolute Gasteiger partial charge is 0.410 e. The minimum Gasteiger partial charge on any atom is -0.460 e. The molecule has 1 aliphatic heterocycles. The zero-order valence-corrected chi connectivity index (χ0v) is 16.2. The summed E-state index contributed by atoms with van der Waals surface area (Å²) in [4.78, 5) is 26.0. The molecule has 0 atom stereocenters. The van der Waals surface area contributed by atoms with Gasteiger partial charge in [0.15, 0.2) is 0 Å². The second-order valence-electron chi connectivity index (χ2n) is 8.16. The standard InChI is InChI=1S/C19H27N5O3/c1-18(2,3)27-17(25)24-10-6-15(7-11-24)26-16-21-12-14(13-22-16)23-19(20-4)8-5-9-19/h12-13,15,23H,5-11H2,1-3H3. The predicted octanol–water partition coefficient (Wildman–Crippen LogP) is 3.47. The van der Waals surface area contributed by atoms with Gasteiger partial charge in [0.25, 0.3) is 0 Å². The van der Waals surface area contributed by atoms with Crippen LogP contribution in [-0.2, 0) is 4.74 Å². The molecule has 2 aliphatic rings. The van der Waals surface area contributed by atoms with Crippen LogP contribution < -0.4 is 10.1 Å². The van der Waals surface area contributed by atoms with E-state index < -0.39 is 11.3 Å². The number of nitrogens with one attached hydrogen (secondary N) is 1. The molecule has 27 heavy (non-hydrogen) atoms. The first-order chi connectivity index (χ1) is 12.8.